The van der Waals surface area contributed by atoms with Gasteiger partial charge in [0.15, 0.2) is 0 Å². The average molecular weight is 330 g/mol. The number of carbonyl (C=O) groups is 1. The van der Waals surface area contributed by atoms with Gasteiger partial charge in [0.1, 0.15) is 0 Å². The van der Waals surface area contributed by atoms with E-state index in [0.717, 1.165) is 25.9 Å². The van der Waals surface area contributed by atoms with Crippen LogP contribution in [-0.4, -0.2) is 43.7 Å². The second-order valence-corrected chi connectivity index (χ2v) is 7.43. The normalized spacial score (nSPS) is 24.2. The van der Waals surface area contributed by atoms with Crippen LogP contribution in [0.4, 0.5) is 0 Å². The van der Waals surface area contributed by atoms with Gasteiger partial charge < -0.3 is 15.0 Å². The number of fused-ring (bicyclic) bond motifs is 1. The average Bonchev–Trinajstić information content (AvgIpc) is 2.88. The first-order valence-electron chi connectivity index (χ1n) is 9.20. The number of rotatable bonds is 5. The van der Waals surface area contributed by atoms with E-state index in [4.69, 9.17) is 4.74 Å². The standard InChI is InChI=1S/C20H30N2O2/c1-14-4-5-16-13-15(2)20(18(16)12-14)21-17-6-9-22(10-7-17)19(23)8-11-24-3/h4-5,12,15,17,20-21H,6-11,13H2,1-3H3/t15-,20+/m0/s1. The lowest BCUT2D eigenvalue weighted by Crippen LogP contribution is -2.46. The first-order chi connectivity index (χ1) is 11.6. The van der Waals surface area contributed by atoms with Crippen molar-refractivity contribution in [1.82, 2.24) is 10.2 Å². The molecule has 0 unspecified atom stereocenters. The van der Waals surface area contributed by atoms with Gasteiger partial charge in [-0.05, 0) is 43.2 Å². The molecule has 24 heavy (non-hydrogen) atoms. The van der Waals surface area contributed by atoms with E-state index < -0.39 is 0 Å². The minimum absolute atomic E-state index is 0.227. The molecule has 1 aliphatic carbocycles. The van der Waals surface area contributed by atoms with E-state index in [1.54, 1.807) is 7.11 Å². The van der Waals surface area contributed by atoms with Gasteiger partial charge >= 0.3 is 0 Å². The smallest absolute Gasteiger partial charge is 0.224 e. The lowest BCUT2D eigenvalue weighted by atomic mass is 9.97. The van der Waals surface area contributed by atoms with Crippen LogP contribution in [0.5, 0.6) is 0 Å². The monoisotopic (exact) mass is 330 g/mol. The third-order valence-electron chi connectivity index (χ3n) is 5.53. The Bertz CT molecular complexity index is 579. The van der Waals surface area contributed by atoms with Gasteiger partial charge in [-0.15, -0.1) is 0 Å². The van der Waals surface area contributed by atoms with Crippen molar-refractivity contribution in [3.63, 3.8) is 0 Å². The highest BCUT2D eigenvalue weighted by Crippen LogP contribution is 2.37. The SMILES string of the molecule is COCCC(=O)N1CCC(N[C@H]2c3cc(C)ccc3C[C@@H]2C)CC1. The Morgan fingerprint density at radius 3 is 2.79 bits per heavy atom. The molecular formula is C20H30N2O2. The number of nitrogens with one attached hydrogen (secondary N) is 1. The molecule has 4 heteroatoms. The predicted molar refractivity (Wildman–Crippen MR) is 96.0 cm³/mol. The van der Waals surface area contributed by atoms with Crippen molar-refractivity contribution in [2.24, 2.45) is 5.92 Å². The summed E-state index contributed by atoms with van der Waals surface area (Å²) in [5.74, 6) is 0.869. The molecule has 1 aromatic carbocycles. The highest BCUT2D eigenvalue weighted by molar-refractivity contribution is 5.76. The number of hydrogen-bond donors (Lipinski definition) is 1. The topological polar surface area (TPSA) is 41.6 Å². The minimum Gasteiger partial charge on any atom is -0.384 e. The van der Waals surface area contributed by atoms with E-state index in [-0.39, 0.29) is 5.91 Å². The van der Waals surface area contributed by atoms with Crippen molar-refractivity contribution in [2.45, 2.75) is 51.6 Å². The molecule has 0 radical (unpaired) electrons. The Labute approximate surface area is 145 Å². The summed E-state index contributed by atoms with van der Waals surface area (Å²) in [4.78, 5) is 14.1. The molecule has 0 saturated carbocycles. The fraction of sp³-hybridized carbons (Fsp3) is 0.650. The quantitative estimate of drug-likeness (QED) is 0.903. The first kappa shape index (κ1) is 17.4. The second kappa shape index (κ2) is 7.66. The number of hydrogen-bond acceptors (Lipinski definition) is 3. The Balaban J connectivity index is 1.55. The van der Waals surface area contributed by atoms with E-state index in [9.17, 15) is 4.79 Å². The summed E-state index contributed by atoms with van der Waals surface area (Å²) in [6.45, 7) is 6.76. The second-order valence-electron chi connectivity index (χ2n) is 7.43. The van der Waals surface area contributed by atoms with Crippen molar-refractivity contribution in [3.8, 4) is 0 Å². The maximum Gasteiger partial charge on any atom is 0.224 e. The van der Waals surface area contributed by atoms with Crippen LogP contribution in [0.1, 0.15) is 48.9 Å². The van der Waals surface area contributed by atoms with E-state index in [2.05, 4.69) is 37.4 Å². The summed E-state index contributed by atoms with van der Waals surface area (Å²) in [5, 5.41) is 3.89. The zero-order valence-electron chi connectivity index (χ0n) is 15.2. The van der Waals surface area contributed by atoms with E-state index in [1.807, 2.05) is 4.90 Å². The van der Waals surface area contributed by atoms with Gasteiger partial charge in [0.25, 0.3) is 0 Å². The zero-order valence-corrected chi connectivity index (χ0v) is 15.2. The van der Waals surface area contributed by atoms with Gasteiger partial charge in [-0.25, -0.2) is 0 Å². The van der Waals surface area contributed by atoms with Gasteiger partial charge in [0.05, 0.1) is 13.0 Å². The molecule has 0 bridgehead atoms. The summed E-state index contributed by atoms with van der Waals surface area (Å²) in [5.41, 5.74) is 4.33. The van der Waals surface area contributed by atoms with Crippen LogP contribution in [-0.2, 0) is 16.0 Å². The number of nitrogens with zero attached hydrogens (tertiary/aromatic N) is 1. The van der Waals surface area contributed by atoms with Gasteiger partial charge in [-0.3, -0.25) is 4.79 Å². The molecule has 132 valence electrons. The molecule has 1 aromatic rings. The molecule has 1 amide bonds. The first-order valence-corrected chi connectivity index (χ1v) is 9.20. The molecule has 0 aromatic heterocycles. The molecule has 3 rings (SSSR count). The van der Waals surface area contributed by atoms with Gasteiger partial charge in [0, 0.05) is 32.3 Å². The number of carbonyl (C=O) groups excluding carboxylic acids is 1. The lowest BCUT2D eigenvalue weighted by Gasteiger charge is -2.35. The number of aryl methyl sites for hydroxylation is 1. The summed E-state index contributed by atoms with van der Waals surface area (Å²) in [6, 6.07) is 7.83. The molecule has 1 N–H and O–H groups in total. The summed E-state index contributed by atoms with van der Waals surface area (Å²) >= 11 is 0. The summed E-state index contributed by atoms with van der Waals surface area (Å²) in [6.07, 6.45) is 3.76. The maximum absolute atomic E-state index is 12.1. The van der Waals surface area contributed by atoms with E-state index in [1.165, 1.54) is 23.1 Å². The van der Waals surface area contributed by atoms with Crippen molar-refractivity contribution in [1.29, 1.82) is 0 Å². The zero-order chi connectivity index (χ0) is 17.1. The number of methoxy groups -OCH3 is 1. The van der Waals surface area contributed by atoms with Crippen molar-refractivity contribution < 1.29 is 9.53 Å². The number of amides is 1. The third kappa shape index (κ3) is 3.81. The van der Waals surface area contributed by atoms with Crippen LogP contribution >= 0.6 is 0 Å². The molecular weight excluding hydrogens is 300 g/mol. The third-order valence-corrected chi connectivity index (χ3v) is 5.53. The molecule has 0 spiro atoms. The molecule has 1 fully saturated rings. The lowest BCUT2D eigenvalue weighted by molar-refractivity contribution is -0.133. The van der Waals surface area contributed by atoms with Crippen LogP contribution in [0.25, 0.3) is 0 Å². The van der Waals surface area contributed by atoms with E-state index in [0.29, 0.717) is 31.0 Å². The fourth-order valence-corrected chi connectivity index (χ4v) is 4.11. The Hall–Kier alpha value is -1.39. The molecule has 1 heterocycles. The van der Waals surface area contributed by atoms with Gasteiger partial charge in [0.2, 0.25) is 5.91 Å². The summed E-state index contributed by atoms with van der Waals surface area (Å²) < 4.78 is 5.01. The summed E-state index contributed by atoms with van der Waals surface area (Å²) in [7, 11) is 1.64. The van der Waals surface area contributed by atoms with Crippen LogP contribution < -0.4 is 5.32 Å². The highest BCUT2D eigenvalue weighted by atomic mass is 16.5. The molecule has 2 atom stereocenters. The molecule has 4 nitrogen and oxygen atoms in total. The largest absolute Gasteiger partial charge is 0.384 e. The number of benzene rings is 1. The van der Waals surface area contributed by atoms with E-state index >= 15 is 0 Å². The Kier molecular flexibility index (Phi) is 5.57. The van der Waals surface area contributed by atoms with Gasteiger partial charge in [-0.2, -0.15) is 0 Å². The highest BCUT2D eigenvalue weighted by Gasteiger charge is 2.32. The van der Waals surface area contributed by atoms with Crippen molar-refractivity contribution in [2.75, 3.05) is 26.8 Å². The maximum atomic E-state index is 12.1. The van der Waals surface area contributed by atoms with Crippen LogP contribution in [0.15, 0.2) is 18.2 Å². The number of piperidine rings is 1. The number of likely N-dealkylation sites (tertiary alicyclic amines) is 1. The predicted octanol–water partition coefficient (Wildman–Crippen LogP) is 2.85. The molecule has 1 saturated heterocycles. The van der Waals surface area contributed by atoms with Crippen LogP contribution in [0.2, 0.25) is 0 Å². The van der Waals surface area contributed by atoms with Crippen LogP contribution in [0.3, 0.4) is 0 Å². The van der Waals surface area contributed by atoms with Crippen molar-refractivity contribution >= 4 is 5.91 Å². The number of ether oxygens (including phenoxy) is 1. The Morgan fingerprint density at radius 2 is 2.08 bits per heavy atom. The minimum atomic E-state index is 0.227. The van der Waals surface area contributed by atoms with Crippen molar-refractivity contribution in [3.05, 3.63) is 34.9 Å². The molecule has 2 aliphatic rings. The van der Waals surface area contributed by atoms with Gasteiger partial charge in [-0.1, -0.05) is 30.7 Å². The molecule has 1 aliphatic heterocycles. The van der Waals surface area contributed by atoms with Crippen LogP contribution in [0, 0.1) is 12.8 Å². The fourth-order valence-electron chi connectivity index (χ4n) is 4.11. The Morgan fingerprint density at radius 1 is 1.33 bits per heavy atom.